The number of hydrogen-bond donors (Lipinski definition) is 2. The van der Waals surface area contributed by atoms with Crippen LogP contribution < -0.4 is 0 Å². The SMILES string of the molecule is CC1(C)OC(=O)/C(=C/c2cccc(O)c2)C(O)O1. The normalized spacial score (nSPS) is 24.9. The molecule has 0 aromatic heterocycles. The molecule has 96 valence electrons. The fourth-order valence-corrected chi connectivity index (χ4v) is 1.66. The predicted molar refractivity (Wildman–Crippen MR) is 63.3 cm³/mol. The lowest BCUT2D eigenvalue weighted by molar-refractivity contribution is -0.279. The van der Waals surface area contributed by atoms with Crippen molar-refractivity contribution < 1.29 is 24.5 Å². The molecule has 2 N–H and O–H groups in total. The fraction of sp³-hybridized carbons (Fsp3) is 0.308. The van der Waals surface area contributed by atoms with E-state index in [1.54, 1.807) is 26.0 Å². The minimum Gasteiger partial charge on any atom is -0.508 e. The highest BCUT2D eigenvalue weighted by atomic mass is 16.8. The van der Waals surface area contributed by atoms with Crippen LogP contribution in [0.3, 0.4) is 0 Å². The molecule has 5 nitrogen and oxygen atoms in total. The fourth-order valence-electron chi connectivity index (χ4n) is 1.66. The third kappa shape index (κ3) is 2.69. The number of cyclic esters (lactones) is 1. The van der Waals surface area contributed by atoms with Crippen LogP contribution in [0.2, 0.25) is 0 Å². The Kier molecular flexibility index (Phi) is 3.11. The van der Waals surface area contributed by atoms with Crippen LogP contribution >= 0.6 is 0 Å². The molecule has 1 aliphatic rings. The summed E-state index contributed by atoms with van der Waals surface area (Å²) in [5.41, 5.74) is 0.573. The number of ether oxygens (including phenoxy) is 2. The van der Waals surface area contributed by atoms with Crippen LogP contribution in [0, 0.1) is 0 Å². The maximum atomic E-state index is 11.7. The van der Waals surface area contributed by atoms with Gasteiger partial charge >= 0.3 is 5.97 Å². The largest absolute Gasteiger partial charge is 0.508 e. The Morgan fingerprint density at radius 1 is 1.39 bits per heavy atom. The van der Waals surface area contributed by atoms with Gasteiger partial charge < -0.3 is 19.7 Å². The molecule has 0 amide bonds. The summed E-state index contributed by atoms with van der Waals surface area (Å²) in [6, 6.07) is 6.30. The summed E-state index contributed by atoms with van der Waals surface area (Å²) in [4.78, 5) is 11.7. The molecular formula is C13H14O5. The Labute approximate surface area is 104 Å². The zero-order valence-corrected chi connectivity index (χ0v) is 10.1. The van der Waals surface area contributed by atoms with Gasteiger partial charge in [-0.1, -0.05) is 12.1 Å². The molecule has 1 saturated heterocycles. The van der Waals surface area contributed by atoms with Crippen LogP contribution in [0.15, 0.2) is 29.8 Å². The van der Waals surface area contributed by atoms with Crippen molar-refractivity contribution in [1.29, 1.82) is 0 Å². The van der Waals surface area contributed by atoms with E-state index in [1.165, 1.54) is 18.2 Å². The molecule has 18 heavy (non-hydrogen) atoms. The smallest absolute Gasteiger partial charge is 0.341 e. The quantitative estimate of drug-likeness (QED) is 0.582. The number of phenols is 1. The zero-order valence-electron chi connectivity index (χ0n) is 10.1. The van der Waals surface area contributed by atoms with E-state index in [0.29, 0.717) is 5.56 Å². The Hall–Kier alpha value is -1.85. The summed E-state index contributed by atoms with van der Waals surface area (Å²) in [6.45, 7) is 3.08. The molecule has 1 aliphatic heterocycles. The number of esters is 1. The predicted octanol–water partition coefficient (Wildman–Crippen LogP) is 1.40. The molecule has 2 rings (SSSR count). The van der Waals surface area contributed by atoms with E-state index >= 15 is 0 Å². The molecule has 1 fully saturated rings. The van der Waals surface area contributed by atoms with Gasteiger partial charge in [0, 0.05) is 13.8 Å². The van der Waals surface area contributed by atoms with E-state index in [-0.39, 0.29) is 11.3 Å². The summed E-state index contributed by atoms with van der Waals surface area (Å²) >= 11 is 0. The number of aliphatic hydroxyl groups excluding tert-OH is 1. The average Bonchev–Trinajstić information content (AvgIpc) is 2.22. The molecule has 0 aliphatic carbocycles. The Morgan fingerprint density at radius 3 is 2.72 bits per heavy atom. The van der Waals surface area contributed by atoms with Crippen molar-refractivity contribution in [2.24, 2.45) is 0 Å². The minimum absolute atomic E-state index is 0.0000694. The highest BCUT2D eigenvalue weighted by Gasteiger charge is 2.38. The van der Waals surface area contributed by atoms with Gasteiger partial charge in [0.2, 0.25) is 5.79 Å². The molecule has 0 saturated carbocycles. The Balaban J connectivity index is 2.30. The van der Waals surface area contributed by atoms with Crippen LogP contribution in [0.4, 0.5) is 0 Å². The van der Waals surface area contributed by atoms with Gasteiger partial charge in [-0.05, 0) is 23.8 Å². The van der Waals surface area contributed by atoms with Gasteiger partial charge in [-0.2, -0.15) is 0 Å². The van der Waals surface area contributed by atoms with Crippen molar-refractivity contribution in [3.63, 3.8) is 0 Å². The number of hydrogen-bond acceptors (Lipinski definition) is 5. The van der Waals surface area contributed by atoms with Crippen LogP contribution in [0.1, 0.15) is 19.4 Å². The van der Waals surface area contributed by atoms with E-state index < -0.39 is 18.0 Å². The van der Waals surface area contributed by atoms with E-state index in [9.17, 15) is 15.0 Å². The summed E-state index contributed by atoms with van der Waals surface area (Å²) in [5, 5.41) is 19.1. The van der Waals surface area contributed by atoms with Gasteiger partial charge in [-0.3, -0.25) is 0 Å². The summed E-state index contributed by atoms with van der Waals surface area (Å²) in [5.74, 6) is -1.71. The second-order valence-electron chi connectivity index (χ2n) is 4.45. The monoisotopic (exact) mass is 250 g/mol. The third-order valence-electron chi connectivity index (χ3n) is 2.43. The molecule has 0 spiro atoms. The number of rotatable bonds is 1. The number of benzene rings is 1. The third-order valence-corrected chi connectivity index (χ3v) is 2.43. The number of aliphatic hydroxyl groups is 1. The summed E-state index contributed by atoms with van der Waals surface area (Å²) in [7, 11) is 0. The second-order valence-corrected chi connectivity index (χ2v) is 4.45. The molecule has 1 aromatic rings. The maximum Gasteiger partial charge on any atom is 0.341 e. The lowest BCUT2D eigenvalue weighted by Crippen LogP contribution is -2.44. The maximum absolute atomic E-state index is 11.7. The average molecular weight is 250 g/mol. The van der Waals surface area contributed by atoms with Crippen molar-refractivity contribution in [3.05, 3.63) is 35.4 Å². The van der Waals surface area contributed by atoms with Gasteiger partial charge in [0.15, 0.2) is 6.29 Å². The highest BCUT2D eigenvalue weighted by molar-refractivity contribution is 5.95. The first-order chi connectivity index (χ1) is 8.37. The second kappa shape index (κ2) is 4.44. The first-order valence-electron chi connectivity index (χ1n) is 5.47. The molecule has 0 radical (unpaired) electrons. The van der Waals surface area contributed by atoms with Crippen LogP contribution in [0.5, 0.6) is 5.75 Å². The van der Waals surface area contributed by atoms with Gasteiger partial charge in [0.05, 0.1) is 5.57 Å². The van der Waals surface area contributed by atoms with E-state index in [0.717, 1.165) is 0 Å². The first kappa shape index (κ1) is 12.6. The van der Waals surface area contributed by atoms with Gasteiger partial charge in [0.25, 0.3) is 0 Å². The van der Waals surface area contributed by atoms with E-state index in [4.69, 9.17) is 9.47 Å². The molecule has 0 bridgehead atoms. The van der Waals surface area contributed by atoms with Crippen molar-refractivity contribution >= 4 is 12.0 Å². The standard InChI is InChI=1S/C13H14O5/c1-13(2)17-11(15)10(12(16)18-13)7-8-4-3-5-9(14)6-8/h3-7,11,14-15H,1-2H3/b10-7+. The Morgan fingerprint density at radius 2 is 2.11 bits per heavy atom. The lowest BCUT2D eigenvalue weighted by atomic mass is 10.1. The minimum atomic E-state index is -1.34. The van der Waals surface area contributed by atoms with Gasteiger partial charge in [0.1, 0.15) is 5.75 Å². The summed E-state index contributed by atoms with van der Waals surface area (Å²) in [6.07, 6.45) is 0.0747. The van der Waals surface area contributed by atoms with E-state index in [1.807, 2.05) is 0 Å². The first-order valence-corrected chi connectivity index (χ1v) is 5.47. The zero-order chi connectivity index (χ0) is 13.3. The molecule has 1 aromatic carbocycles. The van der Waals surface area contributed by atoms with Crippen LogP contribution in [-0.2, 0) is 14.3 Å². The molecule has 1 atom stereocenters. The number of carbonyl (C=O) groups excluding carboxylic acids is 1. The summed E-state index contributed by atoms with van der Waals surface area (Å²) < 4.78 is 10.1. The van der Waals surface area contributed by atoms with Crippen molar-refractivity contribution in [2.45, 2.75) is 25.9 Å². The Bertz CT molecular complexity index is 504. The topological polar surface area (TPSA) is 76.0 Å². The van der Waals surface area contributed by atoms with Crippen molar-refractivity contribution in [1.82, 2.24) is 0 Å². The van der Waals surface area contributed by atoms with E-state index in [2.05, 4.69) is 0 Å². The molecule has 5 heteroatoms. The molecular weight excluding hydrogens is 236 g/mol. The van der Waals surface area contributed by atoms with Crippen molar-refractivity contribution in [3.8, 4) is 5.75 Å². The van der Waals surface area contributed by atoms with Gasteiger partial charge in [-0.25, -0.2) is 4.79 Å². The highest BCUT2D eigenvalue weighted by Crippen LogP contribution is 2.27. The molecule has 1 heterocycles. The molecule has 1 unspecified atom stereocenters. The number of aromatic hydroxyl groups is 1. The van der Waals surface area contributed by atoms with Gasteiger partial charge in [-0.15, -0.1) is 0 Å². The lowest BCUT2D eigenvalue weighted by Gasteiger charge is -2.33. The van der Waals surface area contributed by atoms with Crippen LogP contribution in [-0.4, -0.2) is 28.3 Å². The number of carbonyl (C=O) groups is 1. The van der Waals surface area contributed by atoms with Crippen LogP contribution in [0.25, 0.3) is 6.08 Å². The van der Waals surface area contributed by atoms with Crippen molar-refractivity contribution in [2.75, 3.05) is 0 Å². The number of phenolic OH excluding ortho intramolecular Hbond substituents is 1.